The molecule has 0 spiro atoms. The number of nitro groups is 1. The number of benzene rings is 1. The van der Waals surface area contributed by atoms with Crippen LogP contribution in [0.1, 0.15) is 20.8 Å². The molecule has 2 N–H and O–H groups in total. The lowest BCUT2D eigenvalue weighted by Crippen LogP contribution is -1.99. The fourth-order valence-corrected chi connectivity index (χ4v) is 1.84. The number of nitro benzene ring substituents is 1. The van der Waals surface area contributed by atoms with Crippen molar-refractivity contribution in [1.29, 1.82) is 0 Å². The first-order valence-electron chi connectivity index (χ1n) is 5.20. The van der Waals surface area contributed by atoms with Crippen molar-refractivity contribution in [3.05, 3.63) is 51.8 Å². The molecule has 0 aliphatic rings. The number of aromatic nitrogens is 1. The minimum Gasteiger partial charge on any atom is -0.478 e. The number of carbonyl (C=O) groups excluding carboxylic acids is 1. The summed E-state index contributed by atoms with van der Waals surface area (Å²) in [6.07, 6.45) is 1.57. The first-order chi connectivity index (χ1) is 9.06. The van der Waals surface area contributed by atoms with Gasteiger partial charge in [-0.25, -0.2) is 4.79 Å². The molecular weight excluding hydrogens is 252 g/mol. The molecule has 0 unspecified atom stereocenters. The molecule has 19 heavy (non-hydrogen) atoms. The number of carboxylic acids is 1. The maximum Gasteiger partial charge on any atom is 0.337 e. The Morgan fingerprint density at radius 1 is 1.37 bits per heavy atom. The molecule has 1 aromatic carbocycles. The molecule has 0 aliphatic carbocycles. The van der Waals surface area contributed by atoms with Crippen molar-refractivity contribution >= 4 is 17.9 Å². The highest BCUT2D eigenvalue weighted by Gasteiger charge is 2.24. The topological polar surface area (TPSA) is 113 Å². The summed E-state index contributed by atoms with van der Waals surface area (Å²) in [6.45, 7) is 0. The van der Waals surface area contributed by atoms with E-state index in [1.54, 1.807) is 0 Å². The molecule has 0 fully saturated rings. The second-order valence-electron chi connectivity index (χ2n) is 3.69. The maximum absolute atomic E-state index is 11.1. The van der Waals surface area contributed by atoms with E-state index in [0.29, 0.717) is 6.29 Å². The molecule has 7 heteroatoms. The Balaban J connectivity index is 2.78. The van der Waals surface area contributed by atoms with E-state index in [0.717, 1.165) is 6.20 Å². The third-order valence-corrected chi connectivity index (χ3v) is 2.63. The quantitative estimate of drug-likeness (QED) is 0.496. The summed E-state index contributed by atoms with van der Waals surface area (Å²) in [4.78, 5) is 34.9. The number of aldehydes is 1. The molecule has 0 bridgehead atoms. The molecule has 2 aromatic rings. The predicted molar refractivity (Wildman–Crippen MR) is 65.2 cm³/mol. The summed E-state index contributed by atoms with van der Waals surface area (Å²) >= 11 is 0. The van der Waals surface area contributed by atoms with Crippen LogP contribution in [0.5, 0.6) is 0 Å². The highest BCUT2D eigenvalue weighted by atomic mass is 16.6. The number of H-pyrrole nitrogens is 1. The fourth-order valence-electron chi connectivity index (χ4n) is 1.84. The number of aromatic carboxylic acids is 1. The minimum atomic E-state index is -1.27. The minimum absolute atomic E-state index is 0.00769. The van der Waals surface area contributed by atoms with Gasteiger partial charge in [0.2, 0.25) is 0 Å². The molecule has 0 radical (unpaired) electrons. The van der Waals surface area contributed by atoms with Gasteiger partial charge in [-0.15, -0.1) is 0 Å². The molecule has 0 atom stereocenters. The van der Waals surface area contributed by atoms with E-state index >= 15 is 0 Å². The van der Waals surface area contributed by atoms with Crippen LogP contribution in [0.4, 0.5) is 5.69 Å². The van der Waals surface area contributed by atoms with Gasteiger partial charge in [-0.3, -0.25) is 14.9 Å². The van der Waals surface area contributed by atoms with Gasteiger partial charge in [-0.2, -0.15) is 0 Å². The van der Waals surface area contributed by atoms with E-state index in [9.17, 15) is 19.7 Å². The molecule has 1 heterocycles. The molecule has 0 amide bonds. The summed E-state index contributed by atoms with van der Waals surface area (Å²) in [7, 11) is 0. The van der Waals surface area contributed by atoms with Crippen molar-refractivity contribution in [3.63, 3.8) is 0 Å². The number of carbonyl (C=O) groups is 2. The van der Waals surface area contributed by atoms with E-state index in [-0.39, 0.29) is 28.1 Å². The number of para-hydroxylation sites is 1. The zero-order chi connectivity index (χ0) is 14.0. The van der Waals surface area contributed by atoms with Crippen molar-refractivity contribution in [2.45, 2.75) is 0 Å². The maximum atomic E-state index is 11.1. The second-order valence-corrected chi connectivity index (χ2v) is 3.69. The Morgan fingerprint density at radius 3 is 2.63 bits per heavy atom. The number of aromatic amines is 1. The molecule has 7 nitrogen and oxygen atoms in total. The molecule has 0 saturated heterocycles. The van der Waals surface area contributed by atoms with Crippen LogP contribution in [-0.2, 0) is 0 Å². The largest absolute Gasteiger partial charge is 0.478 e. The van der Waals surface area contributed by atoms with Crippen LogP contribution in [0, 0.1) is 10.1 Å². The highest BCUT2D eigenvalue weighted by molar-refractivity contribution is 6.02. The van der Waals surface area contributed by atoms with Crippen LogP contribution >= 0.6 is 0 Å². The van der Waals surface area contributed by atoms with Crippen molar-refractivity contribution in [3.8, 4) is 11.1 Å². The van der Waals surface area contributed by atoms with Crippen LogP contribution in [-0.4, -0.2) is 27.3 Å². The predicted octanol–water partition coefficient (Wildman–Crippen LogP) is 2.10. The molecule has 2 rings (SSSR count). The third kappa shape index (κ3) is 2.08. The van der Waals surface area contributed by atoms with Gasteiger partial charge in [0.1, 0.15) is 0 Å². The highest BCUT2D eigenvalue weighted by Crippen LogP contribution is 2.34. The van der Waals surface area contributed by atoms with Crippen molar-refractivity contribution in [1.82, 2.24) is 4.98 Å². The molecular formula is C12H8N2O5. The third-order valence-electron chi connectivity index (χ3n) is 2.63. The van der Waals surface area contributed by atoms with E-state index in [1.165, 1.54) is 24.3 Å². The summed E-state index contributed by atoms with van der Waals surface area (Å²) in [5.74, 6) is -1.27. The monoisotopic (exact) mass is 260 g/mol. The number of nitrogens with one attached hydrogen (secondary N) is 1. The van der Waals surface area contributed by atoms with E-state index in [2.05, 4.69) is 4.98 Å². The van der Waals surface area contributed by atoms with Crippen LogP contribution in [0.2, 0.25) is 0 Å². The van der Waals surface area contributed by atoms with Crippen LogP contribution < -0.4 is 0 Å². The number of hydrogen-bond acceptors (Lipinski definition) is 4. The van der Waals surface area contributed by atoms with E-state index < -0.39 is 10.9 Å². The number of rotatable bonds is 4. The van der Waals surface area contributed by atoms with Crippen LogP contribution in [0.15, 0.2) is 30.5 Å². The first-order valence-corrected chi connectivity index (χ1v) is 5.20. The normalized spacial score (nSPS) is 10.1. The van der Waals surface area contributed by atoms with Gasteiger partial charge in [-0.05, 0) is 6.07 Å². The summed E-state index contributed by atoms with van der Waals surface area (Å²) in [5, 5.41) is 20.0. The molecule has 96 valence electrons. The fraction of sp³-hybridized carbons (Fsp3) is 0. The smallest absolute Gasteiger partial charge is 0.337 e. The van der Waals surface area contributed by atoms with E-state index in [4.69, 9.17) is 5.11 Å². The lowest BCUT2D eigenvalue weighted by molar-refractivity contribution is -0.384. The molecule has 0 saturated carbocycles. The lowest BCUT2D eigenvalue weighted by Gasteiger charge is -2.03. The lowest BCUT2D eigenvalue weighted by atomic mass is 10.00. The van der Waals surface area contributed by atoms with Gasteiger partial charge in [0.25, 0.3) is 5.69 Å². The Bertz CT molecular complexity index is 675. The Hall–Kier alpha value is -2.96. The zero-order valence-electron chi connectivity index (χ0n) is 9.49. The van der Waals surface area contributed by atoms with Gasteiger partial charge in [0.05, 0.1) is 21.7 Å². The molecule has 1 aromatic heterocycles. The van der Waals surface area contributed by atoms with Crippen molar-refractivity contribution in [2.24, 2.45) is 0 Å². The number of hydrogen-bond donors (Lipinski definition) is 2. The summed E-state index contributed by atoms with van der Waals surface area (Å²) in [5.41, 5.74) is -0.334. The Morgan fingerprint density at radius 2 is 2.05 bits per heavy atom. The summed E-state index contributed by atoms with van der Waals surface area (Å²) < 4.78 is 0. The SMILES string of the molecule is O=Cc1[nH]cc(C(=O)O)c1-c1ccccc1[N+](=O)[O-]. The van der Waals surface area contributed by atoms with Crippen molar-refractivity contribution < 1.29 is 19.6 Å². The average Bonchev–Trinajstić information content (AvgIpc) is 2.82. The number of nitrogens with zero attached hydrogens (tertiary/aromatic N) is 1. The average molecular weight is 260 g/mol. The first kappa shape index (κ1) is 12.5. The van der Waals surface area contributed by atoms with E-state index in [1.807, 2.05) is 0 Å². The van der Waals surface area contributed by atoms with Crippen LogP contribution in [0.25, 0.3) is 11.1 Å². The molecule has 0 aliphatic heterocycles. The zero-order valence-corrected chi connectivity index (χ0v) is 9.49. The number of carboxylic acid groups (broad SMARTS) is 1. The van der Waals surface area contributed by atoms with Gasteiger partial charge in [0, 0.05) is 17.8 Å². The van der Waals surface area contributed by atoms with Gasteiger partial charge >= 0.3 is 5.97 Å². The Kier molecular flexibility index (Phi) is 3.11. The Labute approximate surface area is 106 Å². The van der Waals surface area contributed by atoms with Gasteiger partial charge in [0.15, 0.2) is 6.29 Å². The summed E-state index contributed by atoms with van der Waals surface area (Å²) in [6, 6.07) is 5.66. The second kappa shape index (κ2) is 4.73. The van der Waals surface area contributed by atoms with Gasteiger partial charge in [-0.1, -0.05) is 12.1 Å². The van der Waals surface area contributed by atoms with Crippen molar-refractivity contribution in [2.75, 3.05) is 0 Å². The van der Waals surface area contributed by atoms with Crippen LogP contribution in [0.3, 0.4) is 0 Å². The standard InChI is InChI=1S/C12H8N2O5/c15-6-9-11(8(5-13-9)12(16)17)7-3-1-2-4-10(7)14(18)19/h1-6,13H,(H,16,17). The van der Waals surface area contributed by atoms with Gasteiger partial charge < -0.3 is 10.1 Å².